The number of ether oxygens (including phenoxy) is 2. The van der Waals surface area contributed by atoms with Crippen LogP contribution in [0.3, 0.4) is 0 Å². The predicted octanol–water partition coefficient (Wildman–Crippen LogP) is 2.59. The van der Waals surface area contributed by atoms with Crippen molar-refractivity contribution in [2.75, 3.05) is 19.5 Å². The number of nitrogens with zero attached hydrogens (tertiary/aromatic N) is 1. The zero-order valence-electron chi connectivity index (χ0n) is 9.77. The maximum absolute atomic E-state index is 5.27. The number of benzene rings is 1. The second kappa shape index (κ2) is 5.40. The van der Waals surface area contributed by atoms with E-state index in [2.05, 4.69) is 21.1 Å². The molecule has 1 aromatic carbocycles. The number of alkyl halides is 1. The average Bonchev–Trinajstić information content (AvgIpc) is 2.86. The zero-order chi connectivity index (χ0) is 12.3. The molecular weight excluding hydrogens is 286 g/mol. The van der Waals surface area contributed by atoms with Crippen LogP contribution in [0, 0.1) is 0 Å². The number of methoxy groups -OCH3 is 2. The minimum Gasteiger partial charge on any atom is -0.493 e. The van der Waals surface area contributed by atoms with Crippen LogP contribution >= 0.6 is 15.9 Å². The van der Waals surface area contributed by atoms with Crippen molar-refractivity contribution < 1.29 is 14.3 Å². The van der Waals surface area contributed by atoms with Crippen LogP contribution in [0.5, 0.6) is 11.5 Å². The van der Waals surface area contributed by atoms with Crippen molar-refractivity contribution in [2.24, 2.45) is 5.16 Å². The van der Waals surface area contributed by atoms with Crippen molar-refractivity contribution in [2.45, 2.75) is 12.5 Å². The molecule has 2 rings (SSSR count). The summed E-state index contributed by atoms with van der Waals surface area (Å²) in [7, 11) is 3.24. The van der Waals surface area contributed by atoms with Gasteiger partial charge in [-0.25, -0.2) is 0 Å². The fourth-order valence-electron chi connectivity index (χ4n) is 1.70. The Balaban J connectivity index is 2.23. The zero-order valence-corrected chi connectivity index (χ0v) is 11.4. The summed E-state index contributed by atoms with van der Waals surface area (Å²) in [4.78, 5) is 5.27. The molecule has 0 saturated heterocycles. The third-order valence-corrected chi connectivity index (χ3v) is 3.34. The highest BCUT2D eigenvalue weighted by atomic mass is 79.9. The molecule has 4 nitrogen and oxygen atoms in total. The van der Waals surface area contributed by atoms with Crippen LogP contribution in [-0.4, -0.2) is 31.4 Å². The quantitative estimate of drug-likeness (QED) is 0.802. The number of hydrogen-bond donors (Lipinski definition) is 0. The Morgan fingerprint density at radius 2 is 2.12 bits per heavy atom. The molecule has 0 amide bonds. The fourth-order valence-corrected chi connectivity index (χ4v) is 2.04. The van der Waals surface area contributed by atoms with E-state index in [1.807, 2.05) is 18.2 Å². The topological polar surface area (TPSA) is 40.0 Å². The Hall–Kier alpha value is -1.23. The summed E-state index contributed by atoms with van der Waals surface area (Å²) in [5.41, 5.74) is 1.95. The van der Waals surface area contributed by atoms with Crippen molar-refractivity contribution in [3.8, 4) is 11.5 Å². The standard InChI is InChI=1S/C12H14BrNO3/c1-15-11-4-3-8(5-12(11)16-2)10-6-9(7-13)17-14-10/h3-5,9H,6-7H2,1-2H3. The molecule has 0 N–H and O–H groups in total. The van der Waals surface area contributed by atoms with Crippen LogP contribution in [0.15, 0.2) is 23.4 Å². The first-order chi connectivity index (χ1) is 8.28. The molecule has 0 aromatic heterocycles. The number of hydrogen-bond acceptors (Lipinski definition) is 4. The second-order valence-electron chi connectivity index (χ2n) is 3.69. The van der Waals surface area contributed by atoms with Crippen LogP contribution in [0.4, 0.5) is 0 Å². The molecule has 0 radical (unpaired) electrons. The van der Waals surface area contributed by atoms with Gasteiger partial charge in [-0.2, -0.15) is 0 Å². The molecule has 1 atom stereocenters. The van der Waals surface area contributed by atoms with Crippen molar-refractivity contribution >= 4 is 21.6 Å². The lowest BCUT2D eigenvalue weighted by molar-refractivity contribution is 0.104. The Labute approximate surface area is 109 Å². The Morgan fingerprint density at radius 3 is 2.71 bits per heavy atom. The van der Waals surface area contributed by atoms with Crippen LogP contribution in [-0.2, 0) is 4.84 Å². The first-order valence-corrected chi connectivity index (χ1v) is 6.41. The Morgan fingerprint density at radius 1 is 1.35 bits per heavy atom. The van der Waals surface area contributed by atoms with E-state index in [4.69, 9.17) is 14.3 Å². The molecule has 17 heavy (non-hydrogen) atoms. The van der Waals surface area contributed by atoms with Crippen molar-refractivity contribution in [1.29, 1.82) is 0 Å². The first kappa shape index (κ1) is 12.2. The van der Waals surface area contributed by atoms with Gasteiger partial charge < -0.3 is 14.3 Å². The van der Waals surface area contributed by atoms with Crippen molar-refractivity contribution in [3.05, 3.63) is 23.8 Å². The molecule has 0 aliphatic carbocycles. The highest BCUT2D eigenvalue weighted by molar-refractivity contribution is 9.09. The second-order valence-corrected chi connectivity index (χ2v) is 4.34. The number of rotatable bonds is 4. The van der Waals surface area contributed by atoms with Gasteiger partial charge in [0.15, 0.2) is 11.5 Å². The number of halogens is 1. The predicted molar refractivity (Wildman–Crippen MR) is 69.4 cm³/mol. The third kappa shape index (κ3) is 2.54. The van der Waals surface area contributed by atoms with Gasteiger partial charge in [0.05, 0.1) is 19.9 Å². The lowest BCUT2D eigenvalue weighted by atomic mass is 10.1. The molecule has 1 aliphatic heterocycles. The monoisotopic (exact) mass is 299 g/mol. The summed E-state index contributed by atoms with van der Waals surface area (Å²) in [6, 6.07) is 5.75. The third-order valence-electron chi connectivity index (χ3n) is 2.62. The normalized spacial score (nSPS) is 18.5. The van der Waals surface area contributed by atoms with Gasteiger partial charge in [0.1, 0.15) is 6.10 Å². The van der Waals surface area contributed by atoms with E-state index < -0.39 is 0 Å². The van der Waals surface area contributed by atoms with Crippen LogP contribution < -0.4 is 9.47 Å². The van der Waals surface area contributed by atoms with E-state index in [0.717, 1.165) is 23.0 Å². The van der Waals surface area contributed by atoms with Gasteiger partial charge in [-0.3, -0.25) is 0 Å². The van der Waals surface area contributed by atoms with Crippen molar-refractivity contribution in [1.82, 2.24) is 0 Å². The van der Waals surface area contributed by atoms with Crippen molar-refractivity contribution in [3.63, 3.8) is 0 Å². The van der Waals surface area contributed by atoms with E-state index in [9.17, 15) is 0 Å². The van der Waals surface area contributed by atoms with E-state index in [1.165, 1.54) is 0 Å². The largest absolute Gasteiger partial charge is 0.493 e. The molecule has 0 bridgehead atoms. The first-order valence-electron chi connectivity index (χ1n) is 5.29. The Kier molecular flexibility index (Phi) is 3.89. The van der Waals surface area contributed by atoms with Gasteiger partial charge in [-0.15, -0.1) is 0 Å². The highest BCUT2D eigenvalue weighted by Gasteiger charge is 2.21. The van der Waals surface area contributed by atoms with Crippen LogP contribution in [0.25, 0.3) is 0 Å². The Bertz CT molecular complexity index is 434. The fraction of sp³-hybridized carbons (Fsp3) is 0.417. The molecule has 0 fully saturated rings. The van der Waals surface area contributed by atoms with E-state index in [1.54, 1.807) is 14.2 Å². The van der Waals surface area contributed by atoms with Gasteiger partial charge in [-0.05, 0) is 18.2 Å². The number of oxime groups is 1. The van der Waals surface area contributed by atoms with Crippen LogP contribution in [0.2, 0.25) is 0 Å². The highest BCUT2D eigenvalue weighted by Crippen LogP contribution is 2.29. The summed E-state index contributed by atoms with van der Waals surface area (Å²) in [5.74, 6) is 1.42. The van der Waals surface area contributed by atoms with Gasteiger partial charge in [0, 0.05) is 17.3 Å². The minimum absolute atomic E-state index is 0.123. The molecule has 92 valence electrons. The van der Waals surface area contributed by atoms with Gasteiger partial charge in [0.25, 0.3) is 0 Å². The molecule has 1 aliphatic rings. The van der Waals surface area contributed by atoms with Gasteiger partial charge in [0.2, 0.25) is 0 Å². The minimum atomic E-state index is 0.123. The molecule has 1 heterocycles. The molecule has 0 saturated carbocycles. The van der Waals surface area contributed by atoms with E-state index in [-0.39, 0.29) is 6.10 Å². The summed E-state index contributed by atoms with van der Waals surface area (Å²) >= 11 is 3.38. The summed E-state index contributed by atoms with van der Waals surface area (Å²) in [5, 5.41) is 4.86. The smallest absolute Gasteiger partial charge is 0.161 e. The van der Waals surface area contributed by atoms with Gasteiger partial charge in [-0.1, -0.05) is 21.1 Å². The average molecular weight is 300 g/mol. The molecule has 1 aromatic rings. The SMILES string of the molecule is COc1ccc(C2=NOC(CBr)C2)cc1OC. The maximum Gasteiger partial charge on any atom is 0.161 e. The summed E-state index contributed by atoms with van der Waals surface area (Å²) in [6.45, 7) is 0. The summed E-state index contributed by atoms with van der Waals surface area (Å²) < 4.78 is 10.5. The molecule has 1 unspecified atom stereocenters. The maximum atomic E-state index is 5.27. The van der Waals surface area contributed by atoms with Gasteiger partial charge >= 0.3 is 0 Å². The van der Waals surface area contributed by atoms with E-state index in [0.29, 0.717) is 11.5 Å². The molecule has 0 spiro atoms. The molecule has 5 heteroatoms. The lowest BCUT2D eigenvalue weighted by Crippen LogP contribution is -2.09. The summed E-state index contributed by atoms with van der Waals surface area (Å²) in [6.07, 6.45) is 0.930. The van der Waals surface area contributed by atoms with E-state index >= 15 is 0 Å². The van der Waals surface area contributed by atoms with Crippen LogP contribution in [0.1, 0.15) is 12.0 Å². The lowest BCUT2D eigenvalue weighted by Gasteiger charge is -2.08. The molecular formula is C12H14BrNO3.